The molecular formula is C60H41NO. The van der Waals surface area contributed by atoms with Crippen molar-refractivity contribution in [1.29, 1.82) is 0 Å². The summed E-state index contributed by atoms with van der Waals surface area (Å²) in [5.41, 5.74) is 17.6. The SMILES string of the molecule is CC1(C)c2ccccc2-c2cc(N(c3ccccc3-c3ccccc3)c3cccc4c3-c3ccccc3C43c4ccc5ccccc5c4Oc4c3ccc3ccccc43)ccc21. The fourth-order valence-corrected chi connectivity index (χ4v) is 11.4. The standard InChI is InChI=1S/C60H41NO/c1-59(2)48-26-13-10-24-45(48)47-37-41(33-36-49(47)59)61(54-29-15-12-21-42(54)38-17-4-3-5-18-38)55-30-16-28-51-56(55)46-25-11-14-27-50(46)60(51)52-34-31-39-19-6-8-22-43(39)57(52)62-58-44-23-9-7-20-40(44)32-35-53(58)60/h3-37H,1-2H3. The number of nitrogens with zero attached hydrogens (tertiary/aromatic N) is 1. The van der Waals surface area contributed by atoms with Crippen molar-refractivity contribution >= 4 is 38.6 Å². The van der Waals surface area contributed by atoms with Gasteiger partial charge < -0.3 is 9.64 Å². The summed E-state index contributed by atoms with van der Waals surface area (Å²) in [6.45, 7) is 4.71. The third-order valence-electron chi connectivity index (χ3n) is 14.1. The lowest BCUT2D eigenvalue weighted by Gasteiger charge is -2.40. The number of para-hydroxylation sites is 1. The van der Waals surface area contributed by atoms with E-state index in [1.165, 1.54) is 55.6 Å². The van der Waals surface area contributed by atoms with Gasteiger partial charge in [-0.05, 0) is 79.5 Å². The second-order valence-electron chi connectivity index (χ2n) is 17.5. The first-order valence-corrected chi connectivity index (χ1v) is 21.7. The van der Waals surface area contributed by atoms with E-state index in [0.29, 0.717) is 0 Å². The summed E-state index contributed by atoms with van der Waals surface area (Å²) in [7, 11) is 0. The number of fused-ring (bicyclic) bond motifs is 16. The molecule has 3 aliphatic rings. The highest BCUT2D eigenvalue weighted by Crippen LogP contribution is 2.66. The maximum atomic E-state index is 7.28. The van der Waals surface area contributed by atoms with Gasteiger partial charge in [0, 0.05) is 44.1 Å². The summed E-state index contributed by atoms with van der Waals surface area (Å²) < 4.78 is 7.28. The molecule has 2 nitrogen and oxygen atoms in total. The van der Waals surface area contributed by atoms with Crippen molar-refractivity contribution in [3.05, 3.63) is 246 Å². The van der Waals surface area contributed by atoms with Crippen molar-refractivity contribution in [3.63, 3.8) is 0 Å². The predicted octanol–water partition coefficient (Wildman–Crippen LogP) is 15.9. The van der Waals surface area contributed by atoms with Gasteiger partial charge in [0.25, 0.3) is 0 Å². The molecule has 0 bridgehead atoms. The van der Waals surface area contributed by atoms with Crippen LogP contribution in [0.4, 0.5) is 17.1 Å². The van der Waals surface area contributed by atoms with Crippen LogP contribution in [0.5, 0.6) is 11.5 Å². The van der Waals surface area contributed by atoms with E-state index < -0.39 is 5.41 Å². The van der Waals surface area contributed by atoms with E-state index in [-0.39, 0.29) is 5.41 Å². The summed E-state index contributed by atoms with van der Waals surface area (Å²) in [6.07, 6.45) is 0. The summed E-state index contributed by atoms with van der Waals surface area (Å²) in [6, 6.07) is 78.5. The molecule has 1 aliphatic heterocycles. The Labute approximate surface area is 362 Å². The van der Waals surface area contributed by atoms with Gasteiger partial charge in [-0.25, -0.2) is 0 Å². The minimum Gasteiger partial charge on any atom is -0.455 e. The first-order valence-electron chi connectivity index (χ1n) is 21.7. The van der Waals surface area contributed by atoms with Crippen LogP contribution in [-0.2, 0) is 10.8 Å². The third kappa shape index (κ3) is 4.64. The fraction of sp³-hybridized carbons (Fsp3) is 0.0667. The van der Waals surface area contributed by atoms with Gasteiger partial charge in [0.05, 0.1) is 16.8 Å². The molecule has 0 radical (unpaired) electrons. The number of anilines is 3. The van der Waals surface area contributed by atoms with E-state index >= 15 is 0 Å². The lowest BCUT2D eigenvalue weighted by atomic mass is 9.65. The Kier molecular flexibility index (Phi) is 7.31. The Morgan fingerprint density at radius 3 is 1.63 bits per heavy atom. The second kappa shape index (κ2) is 12.9. The summed E-state index contributed by atoms with van der Waals surface area (Å²) in [4.78, 5) is 2.53. The van der Waals surface area contributed by atoms with Crippen LogP contribution in [0.25, 0.3) is 54.9 Å². The van der Waals surface area contributed by atoms with Gasteiger partial charge in [-0.2, -0.15) is 0 Å². The van der Waals surface area contributed by atoms with E-state index in [4.69, 9.17) is 4.74 Å². The zero-order chi connectivity index (χ0) is 41.2. The van der Waals surface area contributed by atoms with Crippen LogP contribution in [0.2, 0.25) is 0 Å². The van der Waals surface area contributed by atoms with Crippen LogP contribution in [0.15, 0.2) is 212 Å². The molecule has 0 saturated heterocycles. The van der Waals surface area contributed by atoms with Crippen LogP contribution in [0.3, 0.4) is 0 Å². The average molecular weight is 792 g/mol. The van der Waals surface area contributed by atoms with Gasteiger partial charge in [-0.3, -0.25) is 0 Å². The number of hydrogen-bond donors (Lipinski definition) is 0. The highest BCUT2D eigenvalue weighted by Gasteiger charge is 2.53. The topological polar surface area (TPSA) is 12.5 Å². The van der Waals surface area contributed by atoms with Crippen LogP contribution in [0, 0.1) is 0 Å². The molecule has 2 aliphatic carbocycles. The summed E-state index contributed by atoms with van der Waals surface area (Å²) >= 11 is 0. The van der Waals surface area contributed by atoms with Crippen molar-refractivity contribution in [2.24, 2.45) is 0 Å². The molecule has 10 aromatic rings. The number of benzene rings is 10. The Morgan fingerprint density at radius 2 is 0.903 bits per heavy atom. The summed E-state index contributed by atoms with van der Waals surface area (Å²) in [5.74, 6) is 1.84. The molecule has 62 heavy (non-hydrogen) atoms. The third-order valence-corrected chi connectivity index (χ3v) is 14.1. The number of rotatable bonds is 4. The highest BCUT2D eigenvalue weighted by atomic mass is 16.5. The van der Waals surface area contributed by atoms with Gasteiger partial charge in [0.2, 0.25) is 0 Å². The molecular weight excluding hydrogens is 751 g/mol. The molecule has 1 spiro atoms. The van der Waals surface area contributed by atoms with Gasteiger partial charge in [0.1, 0.15) is 11.5 Å². The first-order chi connectivity index (χ1) is 30.5. The van der Waals surface area contributed by atoms with Crippen molar-refractivity contribution in [3.8, 4) is 44.9 Å². The zero-order valence-corrected chi connectivity index (χ0v) is 34.6. The van der Waals surface area contributed by atoms with Gasteiger partial charge in [-0.1, -0.05) is 202 Å². The molecule has 0 unspecified atom stereocenters. The van der Waals surface area contributed by atoms with Crippen LogP contribution in [-0.4, -0.2) is 0 Å². The van der Waals surface area contributed by atoms with Crippen LogP contribution < -0.4 is 9.64 Å². The molecule has 0 fully saturated rings. The van der Waals surface area contributed by atoms with E-state index in [1.54, 1.807) is 0 Å². The van der Waals surface area contributed by atoms with Gasteiger partial charge >= 0.3 is 0 Å². The normalized spacial score (nSPS) is 14.4. The lowest BCUT2D eigenvalue weighted by Crippen LogP contribution is -2.32. The van der Waals surface area contributed by atoms with E-state index in [0.717, 1.165) is 61.2 Å². The van der Waals surface area contributed by atoms with Crippen molar-refractivity contribution in [1.82, 2.24) is 0 Å². The summed E-state index contributed by atoms with van der Waals surface area (Å²) in [5, 5.41) is 4.56. The molecule has 1 heterocycles. The maximum absolute atomic E-state index is 7.28. The predicted molar refractivity (Wildman–Crippen MR) is 257 cm³/mol. The van der Waals surface area contributed by atoms with Gasteiger partial charge in [0.15, 0.2) is 0 Å². The second-order valence-corrected chi connectivity index (χ2v) is 17.5. The van der Waals surface area contributed by atoms with Crippen molar-refractivity contribution in [2.75, 3.05) is 4.90 Å². The quantitative estimate of drug-likeness (QED) is 0.176. The number of ether oxygens (including phenoxy) is 1. The smallest absolute Gasteiger partial charge is 0.140 e. The van der Waals surface area contributed by atoms with E-state index in [9.17, 15) is 0 Å². The number of hydrogen-bond acceptors (Lipinski definition) is 2. The fourth-order valence-electron chi connectivity index (χ4n) is 11.4. The van der Waals surface area contributed by atoms with Crippen LogP contribution in [0.1, 0.15) is 47.2 Å². The minimum atomic E-state index is -0.662. The molecule has 0 amide bonds. The Bertz CT molecular complexity index is 3400. The molecule has 0 N–H and O–H groups in total. The molecule has 0 saturated carbocycles. The molecule has 2 heteroatoms. The Hall–Kier alpha value is -7.68. The van der Waals surface area contributed by atoms with Crippen molar-refractivity contribution < 1.29 is 4.74 Å². The Balaban J connectivity index is 1.15. The highest BCUT2D eigenvalue weighted by molar-refractivity contribution is 6.04. The van der Waals surface area contributed by atoms with E-state index in [2.05, 4.69) is 231 Å². The minimum absolute atomic E-state index is 0.102. The average Bonchev–Trinajstić information content (AvgIpc) is 3.75. The monoisotopic (exact) mass is 791 g/mol. The van der Waals surface area contributed by atoms with Crippen LogP contribution >= 0.6 is 0 Å². The molecule has 0 atom stereocenters. The van der Waals surface area contributed by atoms with Gasteiger partial charge in [-0.15, -0.1) is 0 Å². The molecule has 292 valence electrons. The zero-order valence-electron chi connectivity index (χ0n) is 34.6. The molecule has 13 rings (SSSR count). The van der Waals surface area contributed by atoms with E-state index in [1.807, 2.05) is 0 Å². The largest absolute Gasteiger partial charge is 0.455 e. The Morgan fingerprint density at radius 1 is 0.371 bits per heavy atom. The molecule has 10 aromatic carbocycles. The van der Waals surface area contributed by atoms with Crippen molar-refractivity contribution in [2.45, 2.75) is 24.7 Å². The first kappa shape index (κ1) is 35.1. The lowest BCUT2D eigenvalue weighted by molar-refractivity contribution is 0.447. The maximum Gasteiger partial charge on any atom is 0.140 e. The molecule has 0 aromatic heterocycles.